The summed E-state index contributed by atoms with van der Waals surface area (Å²) in [6.07, 6.45) is 0. The summed E-state index contributed by atoms with van der Waals surface area (Å²) in [7, 11) is 2.56. The minimum atomic E-state index is 0. The Hall–Kier alpha value is 0.180. The number of halogens is 2. The molecule has 0 rings (SSSR count). The van der Waals surface area contributed by atoms with Crippen molar-refractivity contribution in [2.45, 2.75) is 0 Å². The molecule has 0 aromatic heterocycles. The fraction of sp³-hybridized carbons (Fsp3) is 0. The van der Waals surface area contributed by atoms with Gasteiger partial charge >= 0.3 is 0 Å². The van der Waals surface area contributed by atoms with E-state index >= 15 is 0 Å². The van der Waals surface area contributed by atoms with Gasteiger partial charge in [-0.2, -0.15) is 0 Å². The fourth-order valence-corrected chi connectivity index (χ4v) is 0. The molecule has 0 heterocycles. The minimum absolute atomic E-state index is 0. The number of nitrogens with one attached hydrogen (secondary N) is 1. The third kappa shape index (κ3) is 3330. The Labute approximate surface area is 52.6 Å². The van der Waals surface area contributed by atoms with Crippen molar-refractivity contribution in [3.05, 3.63) is 0 Å². The SMILES string of the molecule is F.F.N=C=S.P=S. The van der Waals surface area contributed by atoms with E-state index in [1.165, 1.54) is 0 Å². The second-order valence-electron chi connectivity index (χ2n) is 0.102. The molecule has 0 aliphatic heterocycles. The van der Waals surface area contributed by atoms with Gasteiger partial charge in [-0.25, -0.2) is 5.41 Å². The molecule has 0 aliphatic rings. The smallest absolute Gasteiger partial charge is 0.0554 e. The average Bonchev–Trinajstić information content (AvgIpc) is 1.46. The van der Waals surface area contributed by atoms with Gasteiger partial charge in [0.15, 0.2) is 0 Å². The predicted octanol–water partition coefficient (Wildman–Crippen LogP) is 1.56. The van der Waals surface area contributed by atoms with Gasteiger partial charge in [-0.1, -0.05) is 11.8 Å². The fourth-order valence-electron chi connectivity index (χ4n) is 0. The third-order valence-corrected chi connectivity index (χ3v) is 0. The monoisotopic (exact) mass is 163 g/mol. The largest absolute Gasteiger partial charge is 0.269 e. The van der Waals surface area contributed by atoms with E-state index in [4.69, 9.17) is 5.41 Å². The maximum Gasteiger partial charge on any atom is 0.0554 e. The Morgan fingerprint density at radius 2 is 1.29 bits per heavy atom. The maximum absolute atomic E-state index is 5.77. The Kier molecular flexibility index (Phi) is 461. The molecule has 0 unspecified atom stereocenters. The number of hydrogen-bond acceptors (Lipinski definition) is 3. The molecule has 0 saturated carbocycles. The van der Waals surface area contributed by atoms with Gasteiger partial charge in [0.05, 0.1) is 5.16 Å². The Morgan fingerprint density at radius 1 is 1.29 bits per heavy atom. The van der Waals surface area contributed by atoms with Gasteiger partial charge in [-0.15, -0.1) is 0 Å². The van der Waals surface area contributed by atoms with Gasteiger partial charge in [-0.3, -0.25) is 9.41 Å². The van der Waals surface area contributed by atoms with Gasteiger partial charge in [0.1, 0.15) is 0 Å². The average molecular weight is 163 g/mol. The molecular weight excluding hydrogens is 159 g/mol. The lowest BCUT2D eigenvalue weighted by Gasteiger charge is -1.05. The quantitative estimate of drug-likeness (QED) is 0.333. The van der Waals surface area contributed by atoms with Crippen LogP contribution in [0.3, 0.4) is 0 Å². The van der Waals surface area contributed by atoms with Gasteiger partial charge in [0.2, 0.25) is 0 Å². The zero-order chi connectivity index (χ0) is 4.71. The molecule has 0 radical (unpaired) electrons. The van der Waals surface area contributed by atoms with Gasteiger partial charge in [0, 0.05) is 0 Å². The lowest BCUT2D eigenvalue weighted by Crippen LogP contribution is -1.03. The van der Waals surface area contributed by atoms with E-state index in [1.807, 2.05) is 0 Å². The van der Waals surface area contributed by atoms with Crippen LogP contribution in [0.2, 0.25) is 0 Å². The van der Waals surface area contributed by atoms with E-state index < -0.39 is 0 Å². The van der Waals surface area contributed by atoms with Crippen LogP contribution in [0.4, 0.5) is 9.41 Å². The molecule has 1 N–H and O–H groups in total. The van der Waals surface area contributed by atoms with E-state index in [0.717, 1.165) is 0 Å². The molecule has 0 saturated heterocycles. The normalized spacial score (nSPS) is 1.71. The van der Waals surface area contributed by atoms with Crippen molar-refractivity contribution in [3.63, 3.8) is 0 Å². The van der Waals surface area contributed by atoms with Crippen molar-refractivity contribution in [2.24, 2.45) is 0 Å². The molecule has 0 spiro atoms. The first-order valence-electron chi connectivity index (χ1n) is 0.658. The first kappa shape index (κ1) is 27.1. The zero-order valence-corrected chi connectivity index (χ0v) is 5.77. The summed E-state index contributed by atoms with van der Waals surface area (Å²) in [6, 6.07) is 0. The van der Waals surface area contributed by atoms with Crippen LogP contribution in [0.25, 0.3) is 0 Å². The van der Waals surface area contributed by atoms with Crippen LogP contribution in [0, 0.1) is 5.41 Å². The van der Waals surface area contributed by atoms with Crippen LogP contribution in [-0.2, 0) is 11.8 Å². The van der Waals surface area contributed by atoms with Crippen LogP contribution < -0.4 is 0 Å². The second-order valence-corrected chi connectivity index (χ2v) is 0.306. The molecule has 1 nitrogen and oxygen atoms in total. The minimum Gasteiger partial charge on any atom is -0.269 e. The third-order valence-electron chi connectivity index (χ3n) is 0. The molecule has 0 atom stereocenters. The van der Waals surface area contributed by atoms with Crippen LogP contribution in [0.1, 0.15) is 0 Å². The molecule has 6 heteroatoms. The summed E-state index contributed by atoms with van der Waals surface area (Å²) < 4.78 is 0. The van der Waals surface area contributed by atoms with Crippen LogP contribution in [-0.4, -0.2) is 5.16 Å². The summed E-state index contributed by atoms with van der Waals surface area (Å²) in [4.78, 5) is 0. The van der Waals surface area contributed by atoms with Gasteiger partial charge in [0.25, 0.3) is 0 Å². The number of hydrogen-bond donors (Lipinski definition) is 1. The summed E-state index contributed by atoms with van der Waals surface area (Å²) >= 11 is 7.70. The first-order valence-corrected chi connectivity index (χ1v) is 2.70. The first-order chi connectivity index (χ1) is 2.41. The highest BCUT2D eigenvalue weighted by molar-refractivity contribution is 7.88. The molecule has 7 heavy (non-hydrogen) atoms. The van der Waals surface area contributed by atoms with Crippen molar-refractivity contribution >= 4 is 37.2 Å². The second kappa shape index (κ2) is 119. The Balaban J connectivity index is -0.0000000105. The molecule has 0 aliphatic carbocycles. The zero-order valence-electron chi connectivity index (χ0n) is 3.13. The van der Waals surface area contributed by atoms with Crippen LogP contribution >= 0.6 is 20.2 Å². The van der Waals surface area contributed by atoms with Crippen molar-refractivity contribution < 1.29 is 9.41 Å². The molecule has 44 valence electrons. The van der Waals surface area contributed by atoms with Crippen molar-refractivity contribution in [1.82, 2.24) is 0 Å². The summed E-state index contributed by atoms with van der Waals surface area (Å²) in [5.74, 6) is 0. The highest BCUT2D eigenvalue weighted by atomic mass is 32.4. The summed E-state index contributed by atoms with van der Waals surface area (Å²) in [5, 5.41) is 7.36. The van der Waals surface area contributed by atoms with E-state index in [2.05, 4.69) is 32.0 Å². The molecule has 0 aromatic carbocycles. The molecule has 0 bridgehead atoms. The molecule has 0 fully saturated rings. The number of rotatable bonds is 0. The van der Waals surface area contributed by atoms with Crippen molar-refractivity contribution in [2.75, 3.05) is 0 Å². The Bertz CT molecular complexity index is 45.0. The van der Waals surface area contributed by atoms with Crippen LogP contribution in [0.5, 0.6) is 0 Å². The topological polar surface area (TPSA) is 23.9 Å². The van der Waals surface area contributed by atoms with Gasteiger partial charge in [-0.05, 0) is 20.2 Å². The standard InChI is InChI=1S/CHNS.2FH.HPS/c2-1-3;;;1-2/h2H;2*1H;1H. The van der Waals surface area contributed by atoms with E-state index in [1.54, 1.807) is 5.16 Å². The highest BCUT2D eigenvalue weighted by Gasteiger charge is 0.975. The Morgan fingerprint density at radius 3 is 1.29 bits per heavy atom. The summed E-state index contributed by atoms with van der Waals surface area (Å²) in [6.45, 7) is 0. The predicted molar refractivity (Wildman–Crippen MR) is 36.0 cm³/mol. The number of thiocarbonyl (C=S) groups is 1. The van der Waals surface area contributed by atoms with Crippen molar-refractivity contribution in [1.29, 1.82) is 5.41 Å². The maximum atomic E-state index is 5.77. The summed E-state index contributed by atoms with van der Waals surface area (Å²) in [5.41, 5.74) is 0. The molecule has 0 aromatic rings. The highest BCUT2D eigenvalue weighted by Crippen LogP contribution is 1.26. The number of isothiocyanates is 1. The molecule has 0 amide bonds. The lowest BCUT2D eigenvalue weighted by atomic mass is 11.8. The molecular formula is CH4F2NPS2. The van der Waals surface area contributed by atoms with E-state index in [-0.39, 0.29) is 9.41 Å². The van der Waals surface area contributed by atoms with Gasteiger partial charge < -0.3 is 0 Å². The lowest BCUT2D eigenvalue weighted by molar-refractivity contribution is 1.11. The van der Waals surface area contributed by atoms with Crippen LogP contribution in [0.15, 0.2) is 0 Å². The van der Waals surface area contributed by atoms with E-state index in [9.17, 15) is 0 Å². The van der Waals surface area contributed by atoms with E-state index in [0.29, 0.717) is 0 Å². The van der Waals surface area contributed by atoms with Crippen molar-refractivity contribution in [3.8, 4) is 0 Å².